The molecule has 0 aromatic heterocycles. The molecular formula is C24H17Cl2F10N3O2. The van der Waals surface area contributed by atoms with E-state index in [0.29, 0.717) is 12.1 Å². The first-order valence-corrected chi connectivity index (χ1v) is 11.6. The summed E-state index contributed by atoms with van der Waals surface area (Å²) in [5.41, 5.74) is -2.96. The lowest BCUT2D eigenvalue weighted by Gasteiger charge is -2.21. The van der Waals surface area contributed by atoms with Gasteiger partial charge in [-0.3, -0.25) is 10.2 Å². The number of alkyl halides is 9. The average molecular weight is 640 g/mol. The molecule has 0 saturated heterocycles. The number of carbonyl (C=O) groups excluding carboxylic acids is 2. The number of hydrogen-bond acceptors (Lipinski definition) is 2. The molecule has 0 spiro atoms. The van der Waals surface area contributed by atoms with Gasteiger partial charge in [0.25, 0.3) is 5.91 Å². The van der Waals surface area contributed by atoms with Crippen LogP contribution in [-0.2, 0) is 6.18 Å². The van der Waals surface area contributed by atoms with Crippen LogP contribution in [0.4, 0.5) is 48.7 Å². The average Bonchev–Trinajstić information content (AvgIpc) is 2.83. The maximum atomic E-state index is 15.0. The molecule has 2 aromatic carbocycles. The van der Waals surface area contributed by atoms with Crippen molar-refractivity contribution in [2.75, 3.05) is 13.6 Å². The molecule has 0 heterocycles. The number of amides is 3. The number of rotatable bonds is 6. The number of nitrogens with zero attached hydrogens (tertiary/aromatic N) is 1. The molecule has 2 rings (SSSR count). The smallest absolute Gasteiger partial charge is 0.327 e. The number of hydrogen-bond donors (Lipinski definition) is 2. The monoisotopic (exact) mass is 639 g/mol. The summed E-state index contributed by atoms with van der Waals surface area (Å²) in [4.78, 5) is 24.0. The Labute approximate surface area is 235 Å². The summed E-state index contributed by atoms with van der Waals surface area (Å²) in [5, 5.41) is 0.984. The van der Waals surface area contributed by atoms with E-state index in [-0.39, 0.29) is 32.8 Å². The summed E-state index contributed by atoms with van der Waals surface area (Å²) >= 11 is 11.8. The minimum absolute atomic E-state index is 0.0103. The van der Waals surface area contributed by atoms with Gasteiger partial charge in [-0.05, 0) is 35.9 Å². The van der Waals surface area contributed by atoms with Gasteiger partial charge in [0.05, 0.1) is 11.1 Å². The fourth-order valence-corrected chi connectivity index (χ4v) is 3.94. The van der Waals surface area contributed by atoms with Crippen LogP contribution in [-0.4, -0.2) is 42.9 Å². The molecule has 2 aromatic rings. The van der Waals surface area contributed by atoms with Gasteiger partial charge in [0.1, 0.15) is 18.3 Å². The van der Waals surface area contributed by atoms with Crippen LogP contribution in [0, 0.1) is 0 Å². The highest BCUT2D eigenvalue weighted by atomic mass is 35.5. The van der Waals surface area contributed by atoms with Crippen LogP contribution < -0.4 is 10.7 Å². The van der Waals surface area contributed by atoms with Crippen molar-refractivity contribution in [1.82, 2.24) is 15.8 Å². The SMILES string of the molecule is C=Cc1c(Cl)cc(C(C=C(F)c2ccc(C(=O)NN(C)C(=O)NCC(F)(F)F)c(C(F)(F)F)c2)C(F)(F)F)cc1Cl. The van der Waals surface area contributed by atoms with Gasteiger partial charge in [0.15, 0.2) is 0 Å². The van der Waals surface area contributed by atoms with Gasteiger partial charge < -0.3 is 5.32 Å². The van der Waals surface area contributed by atoms with E-state index >= 15 is 4.39 Å². The van der Waals surface area contributed by atoms with Gasteiger partial charge in [-0.2, -0.15) is 39.5 Å². The Morgan fingerprint density at radius 3 is 2.02 bits per heavy atom. The Kier molecular flexibility index (Phi) is 10.4. The molecule has 0 bridgehead atoms. The molecule has 17 heteroatoms. The van der Waals surface area contributed by atoms with Gasteiger partial charge in [0, 0.05) is 28.2 Å². The molecule has 5 nitrogen and oxygen atoms in total. The van der Waals surface area contributed by atoms with Gasteiger partial charge in [0.2, 0.25) is 0 Å². The van der Waals surface area contributed by atoms with E-state index in [1.807, 2.05) is 0 Å². The lowest BCUT2D eigenvalue weighted by molar-refractivity contribution is -0.140. The molecule has 1 unspecified atom stereocenters. The van der Waals surface area contributed by atoms with Crippen LogP contribution in [0.25, 0.3) is 11.9 Å². The Bertz CT molecular complexity index is 1330. The Morgan fingerprint density at radius 1 is 1.00 bits per heavy atom. The summed E-state index contributed by atoms with van der Waals surface area (Å²) in [5.74, 6) is -6.11. The normalized spacial score (nSPS) is 13.4. The lowest BCUT2D eigenvalue weighted by atomic mass is 9.94. The fraction of sp³-hybridized carbons (Fsp3) is 0.250. The summed E-state index contributed by atoms with van der Waals surface area (Å²) in [6.07, 6.45) is -14.2. The predicted molar refractivity (Wildman–Crippen MR) is 131 cm³/mol. The Balaban J connectivity index is 2.47. The molecule has 0 aliphatic heterocycles. The minimum atomic E-state index is -5.36. The van der Waals surface area contributed by atoms with Gasteiger partial charge in [-0.25, -0.2) is 14.2 Å². The van der Waals surface area contributed by atoms with Gasteiger partial charge in [-0.15, -0.1) is 0 Å². The fourth-order valence-electron chi connectivity index (χ4n) is 3.28. The molecular weight excluding hydrogens is 623 g/mol. The zero-order valence-electron chi connectivity index (χ0n) is 20.3. The quantitative estimate of drug-likeness (QED) is 0.247. The van der Waals surface area contributed by atoms with Crippen molar-refractivity contribution in [3.05, 3.63) is 80.8 Å². The highest BCUT2D eigenvalue weighted by Crippen LogP contribution is 2.42. The van der Waals surface area contributed by atoms with Crippen LogP contribution in [0.15, 0.2) is 43.0 Å². The molecule has 0 aliphatic rings. The van der Waals surface area contributed by atoms with Crippen molar-refractivity contribution in [3.8, 4) is 0 Å². The predicted octanol–water partition coefficient (Wildman–Crippen LogP) is 8.16. The van der Waals surface area contributed by atoms with Crippen molar-refractivity contribution in [1.29, 1.82) is 0 Å². The highest BCUT2D eigenvalue weighted by molar-refractivity contribution is 6.37. The summed E-state index contributed by atoms with van der Waals surface area (Å²) in [6.45, 7) is 1.60. The van der Waals surface area contributed by atoms with Crippen LogP contribution in [0.1, 0.15) is 38.5 Å². The van der Waals surface area contributed by atoms with Crippen molar-refractivity contribution in [2.24, 2.45) is 0 Å². The number of halogens is 12. The summed E-state index contributed by atoms with van der Waals surface area (Å²) in [6, 6.07) is 1.17. The van der Waals surface area contributed by atoms with E-state index in [0.717, 1.165) is 25.3 Å². The second kappa shape index (κ2) is 12.6. The molecule has 0 saturated carbocycles. The van der Waals surface area contributed by atoms with E-state index in [4.69, 9.17) is 23.2 Å². The van der Waals surface area contributed by atoms with E-state index in [9.17, 15) is 49.1 Å². The lowest BCUT2D eigenvalue weighted by Crippen LogP contribution is -2.50. The summed E-state index contributed by atoms with van der Waals surface area (Å²) < 4.78 is 134. The van der Waals surface area contributed by atoms with E-state index in [1.165, 1.54) is 5.32 Å². The van der Waals surface area contributed by atoms with Crippen LogP contribution in [0.2, 0.25) is 10.0 Å². The van der Waals surface area contributed by atoms with Crippen LogP contribution >= 0.6 is 23.2 Å². The molecule has 3 amide bonds. The first-order valence-electron chi connectivity index (χ1n) is 10.8. The molecule has 0 aliphatic carbocycles. The van der Waals surface area contributed by atoms with E-state index < -0.39 is 71.0 Å². The number of benzene rings is 2. The number of allylic oxidation sites excluding steroid dienone is 1. The number of carbonyl (C=O) groups is 2. The molecule has 0 fully saturated rings. The third-order valence-corrected chi connectivity index (χ3v) is 5.81. The topological polar surface area (TPSA) is 61.4 Å². The maximum absolute atomic E-state index is 15.0. The van der Waals surface area contributed by atoms with E-state index in [1.54, 1.807) is 5.43 Å². The first kappa shape index (κ1) is 33.7. The molecule has 41 heavy (non-hydrogen) atoms. The van der Waals surface area contributed by atoms with Crippen LogP contribution in [0.3, 0.4) is 0 Å². The zero-order valence-corrected chi connectivity index (χ0v) is 21.8. The Hall–Kier alpha value is -3.46. The number of urea groups is 1. The Morgan fingerprint density at radius 2 is 1.56 bits per heavy atom. The van der Waals surface area contributed by atoms with Crippen molar-refractivity contribution >= 4 is 47.0 Å². The first-order chi connectivity index (χ1) is 18.7. The molecule has 2 N–H and O–H groups in total. The third-order valence-electron chi connectivity index (χ3n) is 5.19. The minimum Gasteiger partial charge on any atom is -0.327 e. The van der Waals surface area contributed by atoms with Crippen molar-refractivity contribution in [2.45, 2.75) is 24.4 Å². The molecule has 224 valence electrons. The zero-order chi connectivity index (χ0) is 31.5. The molecule has 1 atom stereocenters. The van der Waals surface area contributed by atoms with Crippen molar-refractivity contribution in [3.63, 3.8) is 0 Å². The molecule has 0 radical (unpaired) electrons. The van der Waals surface area contributed by atoms with Crippen molar-refractivity contribution < 1.29 is 53.5 Å². The van der Waals surface area contributed by atoms with Gasteiger partial charge in [-0.1, -0.05) is 41.9 Å². The number of nitrogens with one attached hydrogen (secondary N) is 2. The number of hydrazine groups is 1. The maximum Gasteiger partial charge on any atom is 0.417 e. The third kappa shape index (κ3) is 9.01. The van der Waals surface area contributed by atoms with Crippen LogP contribution in [0.5, 0.6) is 0 Å². The van der Waals surface area contributed by atoms with E-state index in [2.05, 4.69) is 6.58 Å². The highest BCUT2D eigenvalue weighted by Gasteiger charge is 2.41. The summed E-state index contributed by atoms with van der Waals surface area (Å²) in [7, 11) is 0.727. The van der Waals surface area contributed by atoms with Gasteiger partial charge >= 0.3 is 24.6 Å². The second-order valence-electron chi connectivity index (χ2n) is 8.17. The second-order valence-corrected chi connectivity index (χ2v) is 8.98. The largest absolute Gasteiger partial charge is 0.417 e. The standard InChI is InChI=1S/C24H17Cl2F10N3O2/c1-3-13-17(25)7-12(8-18(13)26)15(23(31,32)33)9-19(27)11-4-5-14(16(6-11)24(34,35)36)20(40)38-39(2)21(41)37-10-22(28,29)30/h3-9,15H,1,10H2,2H3,(H,37,41)(H,38,40).